The van der Waals surface area contributed by atoms with Crippen molar-refractivity contribution in [3.63, 3.8) is 0 Å². The molecular weight excluding hydrogens is 210 g/mol. The second-order valence-electron chi connectivity index (χ2n) is 2.97. The zero-order valence-corrected chi connectivity index (χ0v) is 8.25. The fourth-order valence-electron chi connectivity index (χ4n) is 1.09. The molecule has 0 aliphatic heterocycles. The van der Waals surface area contributed by atoms with Crippen LogP contribution in [0.3, 0.4) is 0 Å². The monoisotopic (exact) mass is 219 g/mol. The van der Waals surface area contributed by atoms with Crippen LogP contribution in [0.4, 0.5) is 11.8 Å². The van der Waals surface area contributed by atoms with Gasteiger partial charge in [0.05, 0.1) is 12.3 Å². The van der Waals surface area contributed by atoms with Crippen molar-refractivity contribution >= 4 is 11.8 Å². The summed E-state index contributed by atoms with van der Waals surface area (Å²) in [5.74, 6) is 0.869. The Labute approximate surface area is 90.0 Å². The number of furan rings is 1. The maximum atomic E-state index is 11.0. The van der Waals surface area contributed by atoms with Crippen molar-refractivity contribution in [2.45, 2.75) is 6.54 Å². The zero-order valence-electron chi connectivity index (χ0n) is 8.25. The van der Waals surface area contributed by atoms with Crippen molar-refractivity contribution in [2.24, 2.45) is 10.2 Å². The molecule has 0 bridgehead atoms. The van der Waals surface area contributed by atoms with Gasteiger partial charge < -0.3 is 10.2 Å². The number of aromatic nitrogens is 2. The molecule has 2 rings (SSSR count). The van der Waals surface area contributed by atoms with Gasteiger partial charge in [0.15, 0.2) is 5.82 Å². The van der Waals surface area contributed by atoms with E-state index in [-0.39, 0.29) is 17.3 Å². The zero-order chi connectivity index (χ0) is 11.4. The highest BCUT2D eigenvalue weighted by Crippen LogP contribution is 2.08. The van der Waals surface area contributed by atoms with Crippen LogP contribution in [0.15, 0.2) is 43.9 Å². The number of rotatable bonds is 3. The molecule has 7 heteroatoms. The van der Waals surface area contributed by atoms with Crippen LogP contribution in [-0.4, -0.2) is 9.97 Å². The van der Waals surface area contributed by atoms with Gasteiger partial charge >= 0.3 is 0 Å². The summed E-state index contributed by atoms with van der Waals surface area (Å²) in [5, 5.41) is 7.58. The molecule has 16 heavy (non-hydrogen) atoms. The Balaban J connectivity index is 2.09. The van der Waals surface area contributed by atoms with Crippen LogP contribution in [-0.2, 0) is 6.54 Å². The van der Waals surface area contributed by atoms with E-state index in [4.69, 9.17) is 10.2 Å². The van der Waals surface area contributed by atoms with E-state index in [0.717, 1.165) is 0 Å². The Morgan fingerprint density at radius 1 is 1.56 bits per heavy atom. The number of azo groups is 1. The molecule has 82 valence electrons. The SMILES string of the molecule is Nc1nc(N=NCc2ccco2)cc(=O)[nH]1. The Hall–Kier alpha value is -2.44. The first kappa shape index (κ1) is 10.1. The second-order valence-corrected chi connectivity index (χ2v) is 2.97. The smallest absolute Gasteiger partial charge is 0.254 e. The Kier molecular flexibility index (Phi) is 2.77. The predicted molar refractivity (Wildman–Crippen MR) is 56.2 cm³/mol. The molecule has 0 unspecified atom stereocenters. The number of hydrogen-bond acceptors (Lipinski definition) is 6. The minimum Gasteiger partial charge on any atom is -0.467 e. The Morgan fingerprint density at radius 3 is 3.12 bits per heavy atom. The number of aromatic amines is 1. The Morgan fingerprint density at radius 2 is 2.44 bits per heavy atom. The minimum atomic E-state index is -0.362. The first-order valence-electron chi connectivity index (χ1n) is 4.51. The largest absolute Gasteiger partial charge is 0.467 e. The summed E-state index contributed by atoms with van der Waals surface area (Å²) in [6.45, 7) is 0.293. The summed E-state index contributed by atoms with van der Waals surface area (Å²) in [6.07, 6.45) is 1.55. The summed E-state index contributed by atoms with van der Waals surface area (Å²) >= 11 is 0. The van der Waals surface area contributed by atoms with Crippen LogP contribution in [0.1, 0.15) is 5.76 Å². The predicted octanol–water partition coefficient (Wildman–Crippen LogP) is 1.23. The number of nitrogens with zero attached hydrogens (tertiary/aromatic N) is 3. The van der Waals surface area contributed by atoms with Crippen LogP contribution in [0.25, 0.3) is 0 Å². The lowest BCUT2D eigenvalue weighted by atomic mass is 10.5. The summed E-state index contributed by atoms with van der Waals surface area (Å²) in [4.78, 5) is 17.1. The summed E-state index contributed by atoms with van der Waals surface area (Å²) in [6, 6.07) is 4.74. The van der Waals surface area contributed by atoms with Crippen molar-refractivity contribution in [3.8, 4) is 0 Å². The standard InChI is InChI=1S/C9H9N5O2/c10-9-12-7(4-8(15)13-9)14-11-5-6-2-1-3-16-6/h1-4H,5H2,(H3,10,12,13,15). The van der Waals surface area contributed by atoms with Crippen LogP contribution in [0, 0.1) is 0 Å². The molecular formula is C9H9N5O2. The van der Waals surface area contributed by atoms with Crippen LogP contribution in [0.5, 0.6) is 0 Å². The van der Waals surface area contributed by atoms with Gasteiger partial charge in [-0.25, -0.2) is 0 Å². The number of nitrogen functional groups attached to an aromatic ring is 1. The number of nitrogens with one attached hydrogen (secondary N) is 1. The van der Waals surface area contributed by atoms with Crippen molar-refractivity contribution in [2.75, 3.05) is 5.73 Å². The van der Waals surface area contributed by atoms with Crippen LogP contribution in [0.2, 0.25) is 0 Å². The van der Waals surface area contributed by atoms with E-state index in [0.29, 0.717) is 12.3 Å². The van der Waals surface area contributed by atoms with Gasteiger partial charge in [-0.05, 0) is 12.1 Å². The highest BCUT2D eigenvalue weighted by molar-refractivity contribution is 5.30. The molecule has 0 saturated carbocycles. The maximum absolute atomic E-state index is 11.0. The molecule has 2 heterocycles. The van der Waals surface area contributed by atoms with E-state index < -0.39 is 0 Å². The normalized spacial score (nSPS) is 11.0. The van der Waals surface area contributed by atoms with Crippen molar-refractivity contribution in [3.05, 3.63) is 40.6 Å². The molecule has 0 spiro atoms. The van der Waals surface area contributed by atoms with Gasteiger partial charge in [-0.3, -0.25) is 9.78 Å². The van der Waals surface area contributed by atoms with Gasteiger partial charge in [0.25, 0.3) is 5.56 Å². The van der Waals surface area contributed by atoms with E-state index in [1.807, 2.05) is 0 Å². The molecule has 0 amide bonds. The molecule has 0 aromatic carbocycles. The van der Waals surface area contributed by atoms with Crippen molar-refractivity contribution < 1.29 is 4.42 Å². The average Bonchev–Trinajstić information content (AvgIpc) is 2.69. The summed E-state index contributed by atoms with van der Waals surface area (Å²) < 4.78 is 5.05. The molecule has 7 nitrogen and oxygen atoms in total. The lowest BCUT2D eigenvalue weighted by Gasteiger charge is -1.93. The fraction of sp³-hybridized carbons (Fsp3) is 0.111. The number of nitrogens with two attached hydrogens (primary N) is 1. The molecule has 0 fully saturated rings. The lowest BCUT2D eigenvalue weighted by Crippen LogP contribution is -2.08. The lowest BCUT2D eigenvalue weighted by molar-refractivity contribution is 0.509. The van der Waals surface area contributed by atoms with E-state index in [1.165, 1.54) is 6.07 Å². The van der Waals surface area contributed by atoms with Gasteiger partial charge in [0.2, 0.25) is 5.95 Å². The van der Waals surface area contributed by atoms with Crippen molar-refractivity contribution in [1.82, 2.24) is 9.97 Å². The van der Waals surface area contributed by atoms with Gasteiger partial charge in [-0.2, -0.15) is 10.1 Å². The highest BCUT2D eigenvalue weighted by atomic mass is 16.3. The molecule has 2 aromatic heterocycles. The third kappa shape index (κ3) is 2.53. The number of hydrogen-bond donors (Lipinski definition) is 2. The van der Waals surface area contributed by atoms with Gasteiger partial charge in [-0.15, -0.1) is 5.11 Å². The second kappa shape index (κ2) is 4.39. The highest BCUT2D eigenvalue weighted by Gasteiger charge is 1.96. The number of anilines is 1. The van der Waals surface area contributed by atoms with E-state index >= 15 is 0 Å². The fourth-order valence-corrected chi connectivity index (χ4v) is 1.09. The van der Waals surface area contributed by atoms with E-state index in [9.17, 15) is 4.79 Å². The molecule has 0 radical (unpaired) electrons. The molecule has 0 saturated heterocycles. The van der Waals surface area contributed by atoms with Gasteiger partial charge in [-0.1, -0.05) is 0 Å². The molecule has 0 aliphatic rings. The number of H-pyrrole nitrogens is 1. The minimum absolute atomic E-state index is 0.0134. The van der Waals surface area contributed by atoms with E-state index in [1.54, 1.807) is 18.4 Å². The first-order valence-corrected chi connectivity index (χ1v) is 4.51. The summed E-state index contributed by atoms with van der Waals surface area (Å²) in [5.41, 5.74) is 4.98. The third-order valence-corrected chi connectivity index (χ3v) is 1.73. The quantitative estimate of drug-likeness (QED) is 0.756. The molecule has 3 N–H and O–H groups in total. The van der Waals surface area contributed by atoms with Crippen LogP contribution < -0.4 is 11.3 Å². The third-order valence-electron chi connectivity index (χ3n) is 1.73. The summed E-state index contributed by atoms with van der Waals surface area (Å²) in [7, 11) is 0. The molecule has 2 aromatic rings. The molecule has 0 aliphatic carbocycles. The Bertz CT molecular complexity index is 543. The van der Waals surface area contributed by atoms with Gasteiger partial charge in [0, 0.05) is 0 Å². The maximum Gasteiger partial charge on any atom is 0.254 e. The topological polar surface area (TPSA) is 110 Å². The average molecular weight is 219 g/mol. The van der Waals surface area contributed by atoms with Crippen molar-refractivity contribution in [1.29, 1.82) is 0 Å². The van der Waals surface area contributed by atoms with Gasteiger partial charge in [0.1, 0.15) is 12.3 Å². The first-order chi connectivity index (χ1) is 7.74. The van der Waals surface area contributed by atoms with E-state index in [2.05, 4.69) is 20.2 Å². The van der Waals surface area contributed by atoms with Crippen LogP contribution >= 0.6 is 0 Å². The molecule has 0 atom stereocenters.